The summed E-state index contributed by atoms with van der Waals surface area (Å²) in [6.07, 6.45) is 1.77. The van der Waals surface area contributed by atoms with Gasteiger partial charge in [-0.1, -0.05) is 6.07 Å². The maximum absolute atomic E-state index is 9.56. The number of aromatic nitrogens is 1. The first-order chi connectivity index (χ1) is 8.13. The number of anilines is 1. The van der Waals surface area contributed by atoms with Gasteiger partial charge in [0, 0.05) is 31.2 Å². The van der Waals surface area contributed by atoms with Crippen molar-refractivity contribution in [2.24, 2.45) is 5.73 Å². The molecule has 0 radical (unpaired) electrons. The summed E-state index contributed by atoms with van der Waals surface area (Å²) >= 11 is 0. The SMILES string of the molecule is CC(CN)N(C)c1nccc2ccc(O)cc12. The van der Waals surface area contributed by atoms with Crippen LogP contribution < -0.4 is 10.6 Å². The Kier molecular flexibility index (Phi) is 3.15. The summed E-state index contributed by atoms with van der Waals surface area (Å²) in [5.41, 5.74) is 5.67. The van der Waals surface area contributed by atoms with Crippen LogP contribution in [0, 0.1) is 0 Å². The van der Waals surface area contributed by atoms with E-state index in [1.165, 1.54) is 0 Å². The van der Waals surface area contributed by atoms with E-state index in [-0.39, 0.29) is 11.8 Å². The van der Waals surface area contributed by atoms with E-state index < -0.39 is 0 Å². The van der Waals surface area contributed by atoms with Crippen molar-refractivity contribution in [2.45, 2.75) is 13.0 Å². The number of phenolic OH excluding ortho intramolecular Hbond substituents is 1. The Labute approximate surface area is 101 Å². The van der Waals surface area contributed by atoms with E-state index in [0.29, 0.717) is 6.54 Å². The van der Waals surface area contributed by atoms with Gasteiger partial charge in [0.05, 0.1) is 0 Å². The van der Waals surface area contributed by atoms with Crippen LogP contribution in [0.3, 0.4) is 0 Å². The number of fused-ring (bicyclic) bond motifs is 1. The number of benzene rings is 1. The minimum Gasteiger partial charge on any atom is -0.508 e. The predicted octanol–water partition coefficient (Wildman–Crippen LogP) is 1.72. The minimum absolute atomic E-state index is 0.204. The lowest BCUT2D eigenvalue weighted by molar-refractivity contribution is 0.476. The molecular formula is C13H17N3O. The summed E-state index contributed by atoms with van der Waals surface area (Å²) in [4.78, 5) is 6.41. The maximum atomic E-state index is 9.56. The summed E-state index contributed by atoms with van der Waals surface area (Å²) in [6.45, 7) is 2.61. The van der Waals surface area contributed by atoms with E-state index >= 15 is 0 Å². The molecule has 1 atom stereocenters. The molecule has 0 aliphatic heterocycles. The molecule has 0 bridgehead atoms. The normalized spacial score (nSPS) is 12.6. The molecule has 0 aliphatic rings. The first-order valence-electron chi connectivity index (χ1n) is 5.64. The van der Waals surface area contributed by atoms with Crippen molar-refractivity contribution in [3.05, 3.63) is 30.5 Å². The highest BCUT2D eigenvalue weighted by Crippen LogP contribution is 2.27. The largest absolute Gasteiger partial charge is 0.508 e. The highest BCUT2D eigenvalue weighted by Gasteiger charge is 2.12. The topological polar surface area (TPSA) is 62.4 Å². The Morgan fingerprint density at radius 3 is 2.88 bits per heavy atom. The van der Waals surface area contributed by atoms with E-state index in [0.717, 1.165) is 16.6 Å². The van der Waals surface area contributed by atoms with Crippen LogP contribution in [-0.2, 0) is 0 Å². The number of phenols is 1. The van der Waals surface area contributed by atoms with Crippen molar-refractivity contribution in [1.29, 1.82) is 0 Å². The van der Waals surface area contributed by atoms with Crippen LogP contribution in [0.5, 0.6) is 5.75 Å². The molecule has 17 heavy (non-hydrogen) atoms. The van der Waals surface area contributed by atoms with Crippen LogP contribution in [0.1, 0.15) is 6.92 Å². The van der Waals surface area contributed by atoms with Crippen LogP contribution in [0.2, 0.25) is 0 Å². The molecule has 2 aromatic rings. The van der Waals surface area contributed by atoms with Crippen molar-refractivity contribution >= 4 is 16.6 Å². The van der Waals surface area contributed by atoms with Crippen molar-refractivity contribution < 1.29 is 5.11 Å². The molecule has 0 spiro atoms. The van der Waals surface area contributed by atoms with E-state index in [9.17, 15) is 5.11 Å². The average molecular weight is 231 g/mol. The molecule has 1 aromatic heterocycles. The Morgan fingerprint density at radius 2 is 2.18 bits per heavy atom. The lowest BCUT2D eigenvalue weighted by atomic mass is 10.1. The molecule has 0 saturated carbocycles. The molecule has 3 N–H and O–H groups in total. The summed E-state index contributed by atoms with van der Waals surface area (Å²) in [6, 6.07) is 7.43. The Hall–Kier alpha value is -1.81. The second kappa shape index (κ2) is 4.59. The number of nitrogens with zero attached hydrogens (tertiary/aromatic N) is 2. The van der Waals surface area contributed by atoms with E-state index in [2.05, 4.69) is 4.98 Å². The lowest BCUT2D eigenvalue weighted by Gasteiger charge is -2.25. The molecule has 0 amide bonds. The zero-order valence-electron chi connectivity index (χ0n) is 10.1. The standard InChI is InChI=1S/C13H17N3O/c1-9(8-14)16(2)13-12-7-11(17)4-3-10(12)5-6-15-13/h3-7,9,17H,8,14H2,1-2H3. The van der Waals surface area contributed by atoms with Crippen LogP contribution >= 0.6 is 0 Å². The highest BCUT2D eigenvalue weighted by atomic mass is 16.3. The third-order valence-corrected chi connectivity index (χ3v) is 3.07. The third kappa shape index (κ3) is 2.17. The number of likely N-dealkylation sites (N-methyl/N-ethyl adjacent to an activating group) is 1. The average Bonchev–Trinajstić information content (AvgIpc) is 2.36. The molecule has 1 unspecified atom stereocenters. The molecule has 0 aliphatic carbocycles. The molecule has 4 heteroatoms. The second-order valence-corrected chi connectivity index (χ2v) is 4.24. The summed E-state index contributed by atoms with van der Waals surface area (Å²) in [5, 5.41) is 11.6. The Morgan fingerprint density at radius 1 is 1.41 bits per heavy atom. The summed E-state index contributed by atoms with van der Waals surface area (Å²) in [7, 11) is 1.96. The third-order valence-electron chi connectivity index (χ3n) is 3.07. The van der Waals surface area contributed by atoms with Gasteiger partial charge in [0.2, 0.25) is 0 Å². The van der Waals surface area contributed by atoms with Crippen molar-refractivity contribution in [3.8, 4) is 5.75 Å². The molecule has 2 rings (SSSR count). The number of hydrogen-bond donors (Lipinski definition) is 2. The zero-order valence-corrected chi connectivity index (χ0v) is 10.1. The van der Waals surface area contributed by atoms with Gasteiger partial charge in [0.15, 0.2) is 0 Å². The molecule has 1 heterocycles. The van der Waals surface area contributed by atoms with Gasteiger partial charge in [0.1, 0.15) is 11.6 Å². The summed E-state index contributed by atoms with van der Waals surface area (Å²) < 4.78 is 0. The van der Waals surface area contributed by atoms with Gasteiger partial charge >= 0.3 is 0 Å². The van der Waals surface area contributed by atoms with E-state index in [1.807, 2.05) is 31.0 Å². The van der Waals surface area contributed by atoms with Crippen molar-refractivity contribution in [3.63, 3.8) is 0 Å². The number of aromatic hydroxyl groups is 1. The van der Waals surface area contributed by atoms with Crippen LogP contribution in [-0.4, -0.2) is 29.7 Å². The maximum Gasteiger partial charge on any atom is 0.136 e. The van der Waals surface area contributed by atoms with Gasteiger partial charge in [-0.25, -0.2) is 4.98 Å². The van der Waals surface area contributed by atoms with Gasteiger partial charge in [0.25, 0.3) is 0 Å². The number of nitrogens with two attached hydrogens (primary N) is 1. The Balaban J connectivity index is 2.57. The summed E-state index contributed by atoms with van der Waals surface area (Å²) in [5.74, 6) is 1.09. The van der Waals surface area contributed by atoms with Crippen molar-refractivity contribution in [2.75, 3.05) is 18.5 Å². The number of pyridine rings is 1. The molecule has 0 fully saturated rings. The monoisotopic (exact) mass is 231 g/mol. The quantitative estimate of drug-likeness (QED) is 0.844. The minimum atomic E-state index is 0.204. The second-order valence-electron chi connectivity index (χ2n) is 4.24. The van der Waals surface area contributed by atoms with Crippen molar-refractivity contribution in [1.82, 2.24) is 4.98 Å². The van der Waals surface area contributed by atoms with Crippen LogP contribution in [0.4, 0.5) is 5.82 Å². The molecular weight excluding hydrogens is 214 g/mol. The first-order valence-corrected chi connectivity index (χ1v) is 5.64. The highest BCUT2D eigenvalue weighted by molar-refractivity contribution is 5.93. The molecule has 90 valence electrons. The Bertz CT molecular complexity index is 527. The number of hydrogen-bond acceptors (Lipinski definition) is 4. The van der Waals surface area contributed by atoms with Gasteiger partial charge in [-0.05, 0) is 30.5 Å². The van der Waals surface area contributed by atoms with Crippen LogP contribution in [0.15, 0.2) is 30.5 Å². The van der Waals surface area contributed by atoms with E-state index in [4.69, 9.17) is 5.73 Å². The fourth-order valence-corrected chi connectivity index (χ4v) is 1.79. The molecule has 4 nitrogen and oxygen atoms in total. The van der Waals surface area contributed by atoms with Gasteiger partial charge < -0.3 is 15.7 Å². The van der Waals surface area contributed by atoms with Crippen LogP contribution in [0.25, 0.3) is 10.8 Å². The predicted molar refractivity (Wildman–Crippen MR) is 70.3 cm³/mol. The molecule has 0 saturated heterocycles. The first kappa shape index (κ1) is 11.7. The lowest BCUT2D eigenvalue weighted by Crippen LogP contribution is -2.35. The smallest absolute Gasteiger partial charge is 0.136 e. The van der Waals surface area contributed by atoms with Gasteiger partial charge in [-0.2, -0.15) is 0 Å². The zero-order chi connectivity index (χ0) is 12.4. The van der Waals surface area contributed by atoms with Gasteiger partial charge in [-0.15, -0.1) is 0 Å². The molecule has 1 aromatic carbocycles. The fourth-order valence-electron chi connectivity index (χ4n) is 1.79. The fraction of sp³-hybridized carbons (Fsp3) is 0.308. The number of rotatable bonds is 3. The van der Waals surface area contributed by atoms with E-state index in [1.54, 1.807) is 18.3 Å². The van der Waals surface area contributed by atoms with Gasteiger partial charge in [-0.3, -0.25) is 0 Å².